The fourth-order valence-corrected chi connectivity index (χ4v) is 2.94. The van der Waals surface area contributed by atoms with Gasteiger partial charge in [0.05, 0.1) is 6.04 Å². The van der Waals surface area contributed by atoms with Crippen molar-refractivity contribution in [2.75, 3.05) is 13.2 Å². The first-order valence-electron chi connectivity index (χ1n) is 7.17. The van der Waals surface area contributed by atoms with E-state index in [-0.39, 0.29) is 30.1 Å². The van der Waals surface area contributed by atoms with Crippen LogP contribution in [0.1, 0.15) is 31.7 Å². The number of imidazole rings is 1. The van der Waals surface area contributed by atoms with E-state index < -0.39 is 0 Å². The highest BCUT2D eigenvalue weighted by Crippen LogP contribution is 2.28. The molecule has 1 aromatic rings. The largest absolute Gasteiger partial charge is 0.368 e. The van der Waals surface area contributed by atoms with Gasteiger partial charge in [0.25, 0.3) is 0 Å². The number of carbonyl (C=O) groups is 1. The Morgan fingerprint density at radius 1 is 1.40 bits per heavy atom. The zero-order valence-corrected chi connectivity index (χ0v) is 11.9. The molecule has 6 nitrogen and oxygen atoms in total. The van der Waals surface area contributed by atoms with Gasteiger partial charge in [-0.1, -0.05) is 6.92 Å². The lowest BCUT2D eigenvalue weighted by Crippen LogP contribution is -2.44. The average Bonchev–Trinajstić information content (AvgIpc) is 3.10. The summed E-state index contributed by atoms with van der Waals surface area (Å²) in [5, 5.41) is 3.07. The third kappa shape index (κ3) is 2.45. The Balaban J connectivity index is 1.67. The van der Waals surface area contributed by atoms with Crippen LogP contribution >= 0.6 is 0 Å². The van der Waals surface area contributed by atoms with Gasteiger partial charge in [-0.05, 0) is 18.8 Å². The maximum Gasteiger partial charge on any atom is 0.249 e. The summed E-state index contributed by atoms with van der Waals surface area (Å²) in [5.74, 6) is 1.11. The summed E-state index contributed by atoms with van der Waals surface area (Å²) in [6, 6.07) is -0.0278. The molecule has 4 atom stereocenters. The number of aryl methyl sites for hydroxylation is 1. The summed E-state index contributed by atoms with van der Waals surface area (Å²) >= 11 is 0. The lowest BCUT2D eigenvalue weighted by atomic mass is 10.0. The molecule has 20 heavy (non-hydrogen) atoms. The fraction of sp³-hybridized carbons (Fsp3) is 0.714. The van der Waals surface area contributed by atoms with Gasteiger partial charge in [-0.3, -0.25) is 4.79 Å². The summed E-state index contributed by atoms with van der Waals surface area (Å²) in [6.07, 6.45) is 4.90. The number of amides is 1. The molecule has 6 heteroatoms. The minimum absolute atomic E-state index is 0.0234. The summed E-state index contributed by atoms with van der Waals surface area (Å²) < 4.78 is 13.2. The van der Waals surface area contributed by atoms with Crippen LogP contribution in [0.5, 0.6) is 0 Å². The van der Waals surface area contributed by atoms with Crippen LogP contribution in [0.3, 0.4) is 0 Å². The SMILES string of the molecule is C[C@@H]1CCO[C@@H]1C(=O)N[C@H]1CCO[C@@H]1c1nccn1C. The number of aromatic nitrogens is 2. The van der Waals surface area contributed by atoms with Crippen LogP contribution < -0.4 is 5.32 Å². The molecule has 2 aliphatic heterocycles. The van der Waals surface area contributed by atoms with Crippen LogP contribution in [0.2, 0.25) is 0 Å². The van der Waals surface area contributed by atoms with Gasteiger partial charge in [0, 0.05) is 32.7 Å². The zero-order chi connectivity index (χ0) is 14.1. The van der Waals surface area contributed by atoms with Gasteiger partial charge in [0.2, 0.25) is 5.91 Å². The van der Waals surface area contributed by atoms with Crippen molar-refractivity contribution < 1.29 is 14.3 Å². The second kappa shape index (κ2) is 5.54. The molecule has 1 amide bonds. The van der Waals surface area contributed by atoms with Crippen molar-refractivity contribution in [1.82, 2.24) is 14.9 Å². The number of nitrogens with zero attached hydrogens (tertiary/aromatic N) is 2. The summed E-state index contributed by atoms with van der Waals surface area (Å²) in [6.45, 7) is 3.37. The molecule has 0 saturated carbocycles. The predicted octanol–water partition coefficient (Wildman–Crippen LogP) is 0.791. The van der Waals surface area contributed by atoms with E-state index in [4.69, 9.17) is 9.47 Å². The maximum atomic E-state index is 12.3. The monoisotopic (exact) mass is 279 g/mol. The van der Waals surface area contributed by atoms with Gasteiger partial charge in [-0.15, -0.1) is 0 Å². The highest BCUT2D eigenvalue weighted by Gasteiger charge is 2.37. The fourth-order valence-electron chi connectivity index (χ4n) is 2.94. The first-order valence-corrected chi connectivity index (χ1v) is 7.17. The molecule has 1 aromatic heterocycles. The Morgan fingerprint density at radius 2 is 2.20 bits per heavy atom. The summed E-state index contributed by atoms with van der Waals surface area (Å²) in [4.78, 5) is 16.6. The van der Waals surface area contributed by atoms with E-state index in [1.54, 1.807) is 6.20 Å². The van der Waals surface area contributed by atoms with Gasteiger partial charge in [-0.25, -0.2) is 4.98 Å². The average molecular weight is 279 g/mol. The van der Waals surface area contributed by atoms with Gasteiger partial charge < -0.3 is 19.4 Å². The zero-order valence-electron chi connectivity index (χ0n) is 11.9. The van der Waals surface area contributed by atoms with Crippen LogP contribution in [0.25, 0.3) is 0 Å². The Kier molecular flexibility index (Phi) is 3.76. The molecule has 0 unspecified atom stereocenters. The second-order valence-corrected chi connectivity index (χ2v) is 5.65. The van der Waals surface area contributed by atoms with E-state index in [0.717, 1.165) is 18.7 Å². The van der Waals surface area contributed by atoms with E-state index in [1.165, 1.54) is 0 Å². The van der Waals surface area contributed by atoms with Crippen molar-refractivity contribution in [1.29, 1.82) is 0 Å². The molecule has 2 saturated heterocycles. The normalized spacial score (nSPS) is 33.5. The van der Waals surface area contributed by atoms with E-state index >= 15 is 0 Å². The van der Waals surface area contributed by atoms with Crippen LogP contribution in [0.15, 0.2) is 12.4 Å². The standard InChI is InChI=1S/C14H21N3O3/c1-9-3-7-19-11(9)14(18)16-10-4-8-20-12(10)13-15-5-6-17(13)2/h5-6,9-12H,3-4,7-8H2,1-2H3,(H,16,18)/t9-,10+,11+,12+/m1/s1. The molecule has 0 aliphatic carbocycles. The highest BCUT2D eigenvalue weighted by molar-refractivity contribution is 5.81. The van der Waals surface area contributed by atoms with Gasteiger partial charge in [0.15, 0.2) is 0 Å². The van der Waals surface area contributed by atoms with Crippen molar-refractivity contribution in [3.8, 4) is 0 Å². The van der Waals surface area contributed by atoms with E-state index in [9.17, 15) is 4.79 Å². The Labute approximate surface area is 118 Å². The van der Waals surface area contributed by atoms with E-state index in [1.807, 2.05) is 17.8 Å². The van der Waals surface area contributed by atoms with Crippen LogP contribution in [-0.4, -0.2) is 40.8 Å². The molecule has 3 rings (SSSR count). The molecule has 110 valence electrons. The number of rotatable bonds is 3. The number of nitrogens with one attached hydrogen (secondary N) is 1. The lowest BCUT2D eigenvalue weighted by Gasteiger charge is -2.22. The lowest BCUT2D eigenvalue weighted by molar-refractivity contribution is -0.132. The third-order valence-electron chi connectivity index (χ3n) is 4.18. The number of ether oxygens (including phenoxy) is 2. The third-order valence-corrected chi connectivity index (χ3v) is 4.18. The maximum absolute atomic E-state index is 12.3. The molecule has 1 N–H and O–H groups in total. The number of hydrogen-bond donors (Lipinski definition) is 1. The Hall–Kier alpha value is -1.40. The molecule has 2 aliphatic rings. The molecule has 2 fully saturated rings. The summed E-state index contributed by atoms with van der Waals surface area (Å²) in [7, 11) is 1.94. The van der Waals surface area contributed by atoms with Crippen molar-refractivity contribution >= 4 is 5.91 Å². The van der Waals surface area contributed by atoms with E-state index in [0.29, 0.717) is 13.2 Å². The van der Waals surface area contributed by atoms with Crippen LogP contribution in [-0.2, 0) is 21.3 Å². The molecule has 0 aromatic carbocycles. The quantitative estimate of drug-likeness (QED) is 0.888. The minimum Gasteiger partial charge on any atom is -0.368 e. The van der Waals surface area contributed by atoms with Crippen LogP contribution in [0.4, 0.5) is 0 Å². The number of hydrogen-bond acceptors (Lipinski definition) is 4. The molecule has 0 bridgehead atoms. The Bertz CT molecular complexity index is 488. The first-order chi connectivity index (χ1) is 9.66. The molecule has 0 spiro atoms. The van der Waals surface area contributed by atoms with Gasteiger partial charge in [-0.2, -0.15) is 0 Å². The number of carbonyl (C=O) groups excluding carboxylic acids is 1. The topological polar surface area (TPSA) is 65.4 Å². The van der Waals surface area contributed by atoms with Crippen molar-refractivity contribution in [3.63, 3.8) is 0 Å². The molecular weight excluding hydrogens is 258 g/mol. The van der Waals surface area contributed by atoms with Crippen molar-refractivity contribution in [3.05, 3.63) is 18.2 Å². The highest BCUT2D eigenvalue weighted by atomic mass is 16.5. The van der Waals surface area contributed by atoms with Gasteiger partial charge >= 0.3 is 0 Å². The first kappa shape index (κ1) is 13.6. The van der Waals surface area contributed by atoms with Crippen LogP contribution in [0, 0.1) is 5.92 Å². The van der Waals surface area contributed by atoms with E-state index in [2.05, 4.69) is 17.2 Å². The smallest absolute Gasteiger partial charge is 0.249 e. The Morgan fingerprint density at radius 3 is 2.85 bits per heavy atom. The van der Waals surface area contributed by atoms with Crippen molar-refractivity contribution in [2.45, 2.75) is 38.0 Å². The molecule has 3 heterocycles. The van der Waals surface area contributed by atoms with Gasteiger partial charge in [0.1, 0.15) is 18.0 Å². The summed E-state index contributed by atoms with van der Waals surface area (Å²) in [5.41, 5.74) is 0. The predicted molar refractivity (Wildman–Crippen MR) is 72.0 cm³/mol. The molecule has 0 radical (unpaired) electrons. The minimum atomic E-state index is -0.322. The second-order valence-electron chi connectivity index (χ2n) is 5.65. The van der Waals surface area contributed by atoms with Crippen molar-refractivity contribution in [2.24, 2.45) is 13.0 Å². The molecular formula is C14H21N3O3.